The molecule has 0 aromatic carbocycles. The van der Waals surface area contributed by atoms with Gasteiger partial charge < -0.3 is 20.3 Å². The Morgan fingerprint density at radius 2 is 0.982 bits per heavy atom. The van der Waals surface area contributed by atoms with E-state index in [0.29, 0.717) is 19.3 Å². The molecule has 0 heterocycles. The Balaban J connectivity index is 4.66. The molecule has 1 amide bonds. The number of hydrogen-bond donors (Lipinski definition) is 3. The summed E-state index contributed by atoms with van der Waals surface area (Å²) in [5.41, 5.74) is 0. The maximum Gasteiger partial charge on any atom is 0.306 e. The molecular weight excluding hydrogens is 695 g/mol. The van der Waals surface area contributed by atoms with Crippen LogP contribution < -0.4 is 5.32 Å². The van der Waals surface area contributed by atoms with E-state index in [0.717, 1.165) is 83.5 Å². The number of esters is 1. The molecule has 6 heteroatoms. The van der Waals surface area contributed by atoms with Gasteiger partial charge in [0.2, 0.25) is 5.91 Å². The van der Waals surface area contributed by atoms with Gasteiger partial charge in [-0.2, -0.15) is 0 Å². The molecule has 0 fully saturated rings. The standard InChI is InChI=1S/C50H87NO5/c1-4-7-10-13-16-19-22-24-25-26-28-31-34-37-40-43-50(55)56-46(41-38-35-32-29-21-18-15-12-9-6-3)44-49(54)51-47(45-52)48(53)42-39-36-33-30-27-23-20-17-14-11-8-5-2/h7,10,13,16,18-19,21-22,24-26,28,46-48,52-53H,4-6,8-9,11-12,14-15,17,20,23,27,29-45H2,1-3H3,(H,51,54)/b10-7+,16-13+,21-18-,22-19-,25-24-,28-26+. The number of allylic oxidation sites excluding steroid dienone is 12. The van der Waals surface area contributed by atoms with E-state index in [1.54, 1.807) is 0 Å². The van der Waals surface area contributed by atoms with Gasteiger partial charge in [0.1, 0.15) is 6.10 Å². The summed E-state index contributed by atoms with van der Waals surface area (Å²) in [7, 11) is 0. The summed E-state index contributed by atoms with van der Waals surface area (Å²) in [5, 5.41) is 23.6. The summed E-state index contributed by atoms with van der Waals surface area (Å²) in [6, 6.07) is -0.716. The predicted octanol–water partition coefficient (Wildman–Crippen LogP) is 13.4. The second-order valence-electron chi connectivity index (χ2n) is 15.5. The molecule has 0 rings (SSSR count). The molecule has 0 aromatic rings. The molecule has 0 aromatic heterocycles. The fourth-order valence-electron chi connectivity index (χ4n) is 6.62. The highest BCUT2D eigenvalue weighted by Crippen LogP contribution is 2.17. The van der Waals surface area contributed by atoms with Crippen molar-refractivity contribution in [2.24, 2.45) is 0 Å². The molecule has 56 heavy (non-hydrogen) atoms. The van der Waals surface area contributed by atoms with E-state index in [4.69, 9.17) is 4.74 Å². The average molecular weight is 782 g/mol. The molecule has 0 saturated carbocycles. The Bertz CT molecular complexity index is 1060. The molecule has 0 spiro atoms. The quantitative estimate of drug-likeness (QED) is 0.0249. The van der Waals surface area contributed by atoms with Crippen molar-refractivity contribution in [3.63, 3.8) is 0 Å². The van der Waals surface area contributed by atoms with Crippen molar-refractivity contribution in [1.29, 1.82) is 0 Å². The topological polar surface area (TPSA) is 95.9 Å². The molecule has 0 saturated heterocycles. The lowest BCUT2D eigenvalue weighted by Crippen LogP contribution is -2.46. The number of aliphatic hydroxyl groups excluding tert-OH is 2. The van der Waals surface area contributed by atoms with E-state index >= 15 is 0 Å². The number of amides is 1. The highest BCUT2D eigenvalue weighted by Gasteiger charge is 2.24. The lowest BCUT2D eigenvalue weighted by Gasteiger charge is -2.24. The molecule has 0 radical (unpaired) electrons. The van der Waals surface area contributed by atoms with Crippen LogP contribution in [0.3, 0.4) is 0 Å². The van der Waals surface area contributed by atoms with Crippen molar-refractivity contribution in [3.05, 3.63) is 72.9 Å². The second kappa shape index (κ2) is 43.4. The fourth-order valence-corrected chi connectivity index (χ4v) is 6.62. The Kier molecular flexibility index (Phi) is 41.3. The third-order valence-electron chi connectivity index (χ3n) is 10.1. The smallest absolute Gasteiger partial charge is 0.306 e. The van der Waals surface area contributed by atoms with Gasteiger partial charge in [-0.15, -0.1) is 0 Å². The minimum absolute atomic E-state index is 0.0462. The summed E-state index contributed by atoms with van der Waals surface area (Å²) in [6.07, 6.45) is 53.8. The van der Waals surface area contributed by atoms with Crippen LogP contribution in [0.15, 0.2) is 72.9 Å². The van der Waals surface area contributed by atoms with Gasteiger partial charge in [-0.05, 0) is 70.6 Å². The first-order valence-corrected chi connectivity index (χ1v) is 23.2. The highest BCUT2D eigenvalue weighted by atomic mass is 16.5. The van der Waals surface area contributed by atoms with Crippen molar-refractivity contribution < 1.29 is 24.5 Å². The van der Waals surface area contributed by atoms with E-state index in [2.05, 4.69) is 56.5 Å². The first kappa shape index (κ1) is 53.3. The molecule has 3 unspecified atom stereocenters. The van der Waals surface area contributed by atoms with Crippen LogP contribution in [0.5, 0.6) is 0 Å². The number of carbonyl (C=O) groups excluding carboxylic acids is 2. The number of carbonyl (C=O) groups is 2. The minimum atomic E-state index is -0.800. The third-order valence-corrected chi connectivity index (χ3v) is 10.1. The maximum atomic E-state index is 13.1. The number of ether oxygens (including phenoxy) is 1. The monoisotopic (exact) mass is 782 g/mol. The Morgan fingerprint density at radius 1 is 0.536 bits per heavy atom. The Morgan fingerprint density at radius 3 is 1.55 bits per heavy atom. The summed E-state index contributed by atoms with van der Waals surface area (Å²) in [5.74, 6) is -0.546. The molecule has 3 N–H and O–H groups in total. The van der Waals surface area contributed by atoms with Gasteiger partial charge in [-0.1, -0.05) is 196 Å². The van der Waals surface area contributed by atoms with Crippen LogP contribution in [0.1, 0.15) is 207 Å². The summed E-state index contributed by atoms with van der Waals surface area (Å²) in [4.78, 5) is 26.0. The van der Waals surface area contributed by atoms with Crippen LogP contribution in [0.2, 0.25) is 0 Å². The SMILES string of the molecule is CC/C=C/C=C/C=C\C=C/C=C/CCCCCC(=O)OC(CCCCC/C=C\CCCCC)CC(=O)NC(CO)C(O)CCCCCCCCCCCCCC. The van der Waals surface area contributed by atoms with Crippen LogP contribution in [-0.4, -0.2) is 46.9 Å². The molecular formula is C50H87NO5. The number of rotatable bonds is 40. The zero-order chi connectivity index (χ0) is 41.0. The lowest BCUT2D eigenvalue weighted by atomic mass is 10.0. The number of aliphatic hydroxyl groups is 2. The van der Waals surface area contributed by atoms with E-state index in [9.17, 15) is 19.8 Å². The minimum Gasteiger partial charge on any atom is -0.462 e. The van der Waals surface area contributed by atoms with Crippen molar-refractivity contribution >= 4 is 11.9 Å². The number of nitrogens with one attached hydrogen (secondary N) is 1. The van der Waals surface area contributed by atoms with Gasteiger partial charge in [-0.3, -0.25) is 9.59 Å². The first-order chi connectivity index (χ1) is 27.5. The number of unbranched alkanes of at least 4 members (excludes halogenated alkanes) is 20. The van der Waals surface area contributed by atoms with Gasteiger partial charge >= 0.3 is 5.97 Å². The highest BCUT2D eigenvalue weighted by molar-refractivity contribution is 5.77. The van der Waals surface area contributed by atoms with E-state index in [-0.39, 0.29) is 24.9 Å². The molecule has 3 atom stereocenters. The molecule has 0 aliphatic rings. The van der Waals surface area contributed by atoms with Crippen molar-refractivity contribution in [2.75, 3.05) is 6.61 Å². The van der Waals surface area contributed by atoms with Gasteiger partial charge in [0.15, 0.2) is 0 Å². The second-order valence-corrected chi connectivity index (χ2v) is 15.5. The fraction of sp³-hybridized carbons (Fsp3) is 0.720. The number of hydrogen-bond acceptors (Lipinski definition) is 5. The van der Waals surface area contributed by atoms with Gasteiger partial charge in [0, 0.05) is 6.42 Å². The summed E-state index contributed by atoms with van der Waals surface area (Å²) >= 11 is 0. The van der Waals surface area contributed by atoms with Crippen molar-refractivity contribution in [2.45, 2.75) is 225 Å². The summed E-state index contributed by atoms with van der Waals surface area (Å²) < 4.78 is 5.87. The van der Waals surface area contributed by atoms with Crippen LogP contribution in [-0.2, 0) is 14.3 Å². The Labute approximate surface area is 345 Å². The molecule has 0 bridgehead atoms. The van der Waals surface area contributed by atoms with Gasteiger partial charge in [0.05, 0.1) is 25.2 Å². The van der Waals surface area contributed by atoms with Gasteiger partial charge in [-0.25, -0.2) is 0 Å². The predicted molar refractivity (Wildman–Crippen MR) is 241 cm³/mol. The van der Waals surface area contributed by atoms with E-state index in [1.165, 1.54) is 77.0 Å². The molecule has 0 aliphatic heterocycles. The lowest BCUT2D eigenvalue weighted by molar-refractivity contribution is -0.151. The van der Waals surface area contributed by atoms with E-state index in [1.807, 2.05) is 42.5 Å². The zero-order valence-corrected chi connectivity index (χ0v) is 36.5. The molecule has 0 aliphatic carbocycles. The third kappa shape index (κ3) is 38.2. The van der Waals surface area contributed by atoms with Crippen LogP contribution in [0.25, 0.3) is 0 Å². The van der Waals surface area contributed by atoms with Crippen LogP contribution in [0, 0.1) is 0 Å². The molecule has 6 nitrogen and oxygen atoms in total. The maximum absolute atomic E-state index is 13.1. The zero-order valence-electron chi connectivity index (χ0n) is 36.5. The van der Waals surface area contributed by atoms with Crippen LogP contribution in [0.4, 0.5) is 0 Å². The normalized spacial score (nSPS) is 14.0. The van der Waals surface area contributed by atoms with Gasteiger partial charge in [0.25, 0.3) is 0 Å². The van der Waals surface area contributed by atoms with Crippen LogP contribution >= 0.6 is 0 Å². The Hall–Kier alpha value is -2.70. The average Bonchev–Trinajstić information content (AvgIpc) is 3.19. The molecule has 322 valence electrons. The van der Waals surface area contributed by atoms with Crippen molar-refractivity contribution in [1.82, 2.24) is 5.32 Å². The van der Waals surface area contributed by atoms with E-state index < -0.39 is 18.2 Å². The first-order valence-electron chi connectivity index (χ1n) is 23.2. The largest absolute Gasteiger partial charge is 0.462 e. The van der Waals surface area contributed by atoms with Crippen molar-refractivity contribution in [3.8, 4) is 0 Å². The summed E-state index contributed by atoms with van der Waals surface area (Å²) in [6.45, 7) is 6.27.